The van der Waals surface area contributed by atoms with Gasteiger partial charge in [-0.3, -0.25) is 4.79 Å². The Morgan fingerprint density at radius 2 is 2.07 bits per heavy atom. The molecule has 0 bridgehead atoms. The van der Waals surface area contributed by atoms with Crippen molar-refractivity contribution in [3.63, 3.8) is 0 Å². The average Bonchev–Trinajstić information content (AvgIpc) is 2.62. The van der Waals surface area contributed by atoms with Gasteiger partial charge in [-0.1, -0.05) is 6.07 Å². The number of hydrogen-bond donors (Lipinski definition) is 0. The zero-order valence-corrected chi connectivity index (χ0v) is 7.66. The van der Waals surface area contributed by atoms with Gasteiger partial charge in [0.05, 0.1) is 0 Å². The van der Waals surface area contributed by atoms with Gasteiger partial charge >= 0.3 is 0 Å². The normalized spacial score (nSPS) is 23.4. The Labute approximate surface area is 81.6 Å². The van der Waals surface area contributed by atoms with Gasteiger partial charge in [0.25, 0.3) is 0 Å². The molecule has 2 aliphatic rings. The molecule has 1 aromatic carbocycles. The summed E-state index contributed by atoms with van der Waals surface area (Å²) < 4.78 is 10.5. The number of rotatable bonds is 1. The standard InChI is InChI=1S/C11H10O3/c12-9-3-2-8(9)7-1-4-10-11(5-7)14-6-13-10/h1,4-5,8H,2-3,6H2. The van der Waals surface area contributed by atoms with Crippen molar-refractivity contribution in [1.82, 2.24) is 0 Å². The highest BCUT2D eigenvalue weighted by Gasteiger charge is 2.30. The van der Waals surface area contributed by atoms with Crippen LogP contribution in [0.15, 0.2) is 18.2 Å². The summed E-state index contributed by atoms with van der Waals surface area (Å²) >= 11 is 0. The molecule has 1 unspecified atom stereocenters. The number of ether oxygens (including phenoxy) is 2. The summed E-state index contributed by atoms with van der Waals surface area (Å²) in [5.41, 5.74) is 1.06. The molecule has 1 heterocycles. The molecule has 1 aromatic rings. The van der Waals surface area contributed by atoms with Crippen molar-refractivity contribution in [2.75, 3.05) is 6.79 Å². The maximum absolute atomic E-state index is 11.3. The third-order valence-electron chi connectivity index (χ3n) is 2.87. The van der Waals surface area contributed by atoms with Gasteiger partial charge in [-0.15, -0.1) is 0 Å². The fraction of sp³-hybridized carbons (Fsp3) is 0.364. The minimum absolute atomic E-state index is 0.101. The maximum atomic E-state index is 11.3. The van der Waals surface area contributed by atoms with Crippen LogP contribution in [0.3, 0.4) is 0 Å². The molecule has 1 aliphatic carbocycles. The van der Waals surface area contributed by atoms with E-state index in [2.05, 4.69) is 0 Å². The lowest BCUT2D eigenvalue weighted by Crippen LogP contribution is -2.22. The molecule has 0 radical (unpaired) electrons. The first-order valence-electron chi connectivity index (χ1n) is 4.77. The molecule has 1 fully saturated rings. The molecule has 1 aliphatic heterocycles. The van der Waals surface area contributed by atoms with Gasteiger partial charge in [0.2, 0.25) is 6.79 Å². The fourth-order valence-corrected chi connectivity index (χ4v) is 1.89. The SMILES string of the molecule is O=C1CCC1c1ccc2c(c1)OCO2. The van der Waals surface area contributed by atoms with Crippen molar-refractivity contribution in [2.24, 2.45) is 0 Å². The first-order chi connectivity index (χ1) is 6.84. The van der Waals surface area contributed by atoms with Crippen LogP contribution in [0.25, 0.3) is 0 Å². The summed E-state index contributed by atoms with van der Waals surface area (Å²) in [4.78, 5) is 11.3. The molecule has 0 saturated heterocycles. The molecule has 0 N–H and O–H groups in total. The second-order valence-electron chi connectivity index (χ2n) is 3.67. The second-order valence-corrected chi connectivity index (χ2v) is 3.67. The third-order valence-corrected chi connectivity index (χ3v) is 2.87. The molecular weight excluding hydrogens is 180 g/mol. The van der Waals surface area contributed by atoms with Gasteiger partial charge in [-0.2, -0.15) is 0 Å². The van der Waals surface area contributed by atoms with Crippen molar-refractivity contribution >= 4 is 5.78 Å². The maximum Gasteiger partial charge on any atom is 0.231 e. The Morgan fingerprint density at radius 3 is 2.79 bits per heavy atom. The van der Waals surface area contributed by atoms with E-state index in [1.54, 1.807) is 0 Å². The van der Waals surface area contributed by atoms with Crippen LogP contribution < -0.4 is 9.47 Å². The van der Waals surface area contributed by atoms with E-state index in [0.717, 1.165) is 29.9 Å². The van der Waals surface area contributed by atoms with Gasteiger partial charge in [0, 0.05) is 12.3 Å². The van der Waals surface area contributed by atoms with Gasteiger partial charge in [0.1, 0.15) is 5.78 Å². The van der Waals surface area contributed by atoms with Crippen molar-refractivity contribution in [2.45, 2.75) is 18.8 Å². The predicted octanol–water partition coefficient (Wildman–Crippen LogP) is 1.86. The third kappa shape index (κ3) is 1.02. The first-order valence-corrected chi connectivity index (χ1v) is 4.77. The molecule has 72 valence electrons. The molecule has 1 saturated carbocycles. The molecule has 3 heteroatoms. The molecule has 14 heavy (non-hydrogen) atoms. The smallest absolute Gasteiger partial charge is 0.231 e. The van der Waals surface area contributed by atoms with E-state index in [1.165, 1.54) is 0 Å². The van der Waals surface area contributed by atoms with Gasteiger partial charge < -0.3 is 9.47 Å². The average molecular weight is 190 g/mol. The van der Waals surface area contributed by atoms with Crippen LogP contribution in [0.2, 0.25) is 0 Å². The zero-order chi connectivity index (χ0) is 9.54. The number of hydrogen-bond acceptors (Lipinski definition) is 3. The minimum Gasteiger partial charge on any atom is -0.454 e. The van der Waals surface area contributed by atoms with Crippen LogP contribution in [0, 0.1) is 0 Å². The molecule has 0 aromatic heterocycles. The summed E-state index contributed by atoms with van der Waals surface area (Å²) in [6.45, 7) is 0.289. The van der Waals surface area contributed by atoms with E-state index in [-0.39, 0.29) is 12.7 Å². The second kappa shape index (κ2) is 2.74. The Hall–Kier alpha value is -1.51. The van der Waals surface area contributed by atoms with Crippen LogP contribution in [0.4, 0.5) is 0 Å². The Morgan fingerprint density at radius 1 is 1.21 bits per heavy atom. The lowest BCUT2D eigenvalue weighted by atomic mass is 9.78. The van der Waals surface area contributed by atoms with E-state index in [9.17, 15) is 4.79 Å². The zero-order valence-electron chi connectivity index (χ0n) is 7.66. The number of fused-ring (bicyclic) bond motifs is 1. The van der Waals surface area contributed by atoms with Crippen molar-refractivity contribution < 1.29 is 14.3 Å². The quantitative estimate of drug-likeness (QED) is 0.678. The summed E-state index contributed by atoms with van der Waals surface area (Å²) in [5, 5.41) is 0. The molecule has 1 atom stereocenters. The summed E-state index contributed by atoms with van der Waals surface area (Å²) in [6, 6.07) is 5.75. The van der Waals surface area contributed by atoms with Crippen LogP contribution in [0.5, 0.6) is 11.5 Å². The lowest BCUT2D eigenvalue weighted by molar-refractivity contribution is -0.125. The van der Waals surface area contributed by atoms with Crippen LogP contribution in [-0.2, 0) is 4.79 Å². The van der Waals surface area contributed by atoms with Crippen molar-refractivity contribution in [1.29, 1.82) is 0 Å². The molecule has 0 amide bonds. The van der Waals surface area contributed by atoms with E-state index in [1.807, 2.05) is 18.2 Å². The molecule has 0 spiro atoms. The van der Waals surface area contributed by atoms with Gasteiger partial charge in [0.15, 0.2) is 11.5 Å². The lowest BCUT2D eigenvalue weighted by Gasteiger charge is -2.24. The predicted molar refractivity (Wildman–Crippen MR) is 49.5 cm³/mol. The molecule has 3 nitrogen and oxygen atoms in total. The Kier molecular flexibility index (Phi) is 1.54. The monoisotopic (exact) mass is 190 g/mol. The molecule has 3 rings (SSSR count). The number of carbonyl (C=O) groups excluding carboxylic acids is 1. The van der Waals surface area contributed by atoms with Crippen LogP contribution in [-0.4, -0.2) is 12.6 Å². The fourth-order valence-electron chi connectivity index (χ4n) is 1.89. The number of Topliss-reactive ketones (excluding diaryl/α,β-unsaturated/α-hetero) is 1. The Balaban J connectivity index is 1.96. The topological polar surface area (TPSA) is 35.5 Å². The summed E-state index contributed by atoms with van der Waals surface area (Å²) in [5.74, 6) is 1.98. The number of benzene rings is 1. The highest BCUT2D eigenvalue weighted by Crippen LogP contribution is 2.39. The largest absolute Gasteiger partial charge is 0.454 e. The number of ketones is 1. The Bertz CT molecular complexity index is 398. The minimum atomic E-state index is 0.101. The van der Waals surface area contributed by atoms with Crippen molar-refractivity contribution in [3.05, 3.63) is 23.8 Å². The van der Waals surface area contributed by atoms with Crippen LogP contribution in [0.1, 0.15) is 24.3 Å². The summed E-state index contributed by atoms with van der Waals surface area (Å²) in [6.07, 6.45) is 1.69. The van der Waals surface area contributed by atoms with Gasteiger partial charge in [-0.05, 0) is 24.1 Å². The highest BCUT2D eigenvalue weighted by atomic mass is 16.7. The van der Waals surface area contributed by atoms with Crippen molar-refractivity contribution in [3.8, 4) is 11.5 Å². The highest BCUT2D eigenvalue weighted by molar-refractivity contribution is 5.91. The number of carbonyl (C=O) groups is 1. The first kappa shape index (κ1) is 7.85. The summed E-state index contributed by atoms with van der Waals surface area (Å²) in [7, 11) is 0. The van der Waals surface area contributed by atoms with E-state index in [0.29, 0.717) is 5.78 Å². The van der Waals surface area contributed by atoms with E-state index < -0.39 is 0 Å². The van der Waals surface area contributed by atoms with Crippen LogP contribution >= 0.6 is 0 Å². The van der Waals surface area contributed by atoms with E-state index in [4.69, 9.17) is 9.47 Å². The van der Waals surface area contributed by atoms with E-state index >= 15 is 0 Å². The molecular formula is C11H10O3. The van der Waals surface area contributed by atoms with Gasteiger partial charge in [-0.25, -0.2) is 0 Å².